The van der Waals surface area contributed by atoms with E-state index in [1.807, 2.05) is 0 Å². The van der Waals surface area contributed by atoms with Crippen LogP contribution in [0.5, 0.6) is 0 Å². The van der Waals surface area contributed by atoms with Gasteiger partial charge in [0, 0.05) is 34.6 Å². The van der Waals surface area contributed by atoms with Crippen LogP contribution in [-0.2, 0) is 10.0 Å². The van der Waals surface area contributed by atoms with Crippen molar-refractivity contribution >= 4 is 62.8 Å². The average molecular weight is 263 g/mol. The van der Waals surface area contributed by atoms with Crippen LogP contribution in [0.25, 0.3) is 0 Å². The molecule has 1 rings (SSSR count). The maximum atomic E-state index is 11.3. The van der Waals surface area contributed by atoms with Crippen molar-refractivity contribution in [2.75, 3.05) is 7.05 Å². The van der Waals surface area contributed by atoms with E-state index >= 15 is 0 Å². The Morgan fingerprint density at radius 2 is 1.86 bits per heavy atom. The maximum Gasteiger partial charge on any atom is 0.241 e. The van der Waals surface area contributed by atoms with Crippen molar-refractivity contribution in [3.63, 3.8) is 0 Å². The minimum Gasteiger partial charge on any atom is -0.214 e. The van der Waals surface area contributed by atoms with E-state index in [2.05, 4.69) is 4.72 Å². The Balaban J connectivity index is 0.00000169. The van der Waals surface area contributed by atoms with Crippen molar-refractivity contribution in [1.82, 2.24) is 4.72 Å². The van der Waals surface area contributed by atoms with Gasteiger partial charge in [-0.1, -0.05) is 23.2 Å². The molecule has 0 aliphatic heterocycles. The molecule has 0 atom stereocenters. The monoisotopic (exact) mass is 262 g/mol. The molecule has 0 saturated carbocycles. The quantitative estimate of drug-likeness (QED) is 0.822. The first-order valence-electron chi connectivity index (χ1n) is 3.36. The van der Waals surface area contributed by atoms with E-state index in [0.717, 1.165) is 0 Å². The molecule has 14 heavy (non-hydrogen) atoms. The zero-order chi connectivity index (χ0) is 10.1. The Kier molecular flexibility index (Phi) is 5.99. The molecule has 0 amide bonds. The zero-order valence-corrected chi connectivity index (χ0v) is 12.0. The molecule has 0 aliphatic carbocycles. The Morgan fingerprint density at radius 3 is 2.36 bits per heavy atom. The number of sulfonamides is 1. The van der Waals surface area contributed by atoms with Gasteiger partial charge in [-0.3, -0.25) is 0 Å². The van der Waals surface area contributed by atoms with Gasteiger partial charge in [0.15, 0.2) is 0 Å². The second-order valence-electron chi connectivity index (χ2n) is 2.28. The third-order valence-corrected chi connectivity index (χ3v) is 3.58. The van der Waals surface area contributed by atoms with Crippen molar-refractivity contribution in [1.29, 1.82) is 0 Å². The van der Waals surface area contributed by atoms with E-state index in [0.29, 0.717) is 5.02 Å². The number of hydrogen-bond donors (Lipinski definition) is 1. The molecule has 0 bridgehead atoms. The first kappa shape index (κ1) is 14.7. The van der Waals surface area contributed by atoms with Gasteiger partial charge in [-0.25, -0.2) is 13.1 Å². The Labute approximate surface area is 115 Å². The second kappa shape index (κ2) is 5.70. The summed E-state index contributed by atoms with van der Waals surface area (Å²) < 4.78 is 24.8. The summed E-state index contributed by atoms with van der Waals surface area (Å²) in [4.78, 5) is -0.0100. The van der Waals surface area contributed by atoms with Crippen LogP contribution in [0, 0.1) is 0 Å². The summed E-state index contributed by atoms with van der Waals surface area (Å²) in [7, 11) is -2.21. The molecular formula is C7H7Cl2NNaO2S. The number of benzene rings is 1. The van der Waals surface area contributed by atoms with Gasteiger partial charge in [0.05, 0.1) is 5.02 Å². The van der Waals surface area contributed by atoms with Gasteiger partial charge < -0.3 is 0 Å². The van der Waals surface area contributed by atoms with Crippen LogP contribution in [0.3, 0.4) is 0 Å². The molecule has 0 aromatic heterocycles. The smallest absolute Gasteiger partial charge is 0.214 e. The van der Waals surface area contributed by atoms with Crippen molar-refractivity contribution in [3.05, 3.63) is 28.2 Å². The first-order valence-corrected chi connectivity index (χ1v) is 5.60. The summed E-state index contributed by atoms with van der Waals surface area (Å²) in [6.45, 7) is 0. The van der Waals surface area contributed by atoms with E-state index < -0.39 is 10.0 Å². The fourth-order valence-corrected chi connectivity index (χ4v) is 2.28. The van der Waals surface area contributed by atoms with E-state index in [-0.39, 0.29) is 39.5 Å². The van der Waals surface area contributed by atoms with Crippen LogP contribution in [0.2, 0.25) is 10.0 Å². The largest absolute Gasteiger partial charge is 0.241 e. The molecule has 73 valence electrons. The molecular weight excluding hydrogens is 256 g/mol. The standard InChI is InChI=1S/C7H7Cl2NO2S.Na/c1-10-13(11,12)7-4-5(8)2-3-6(7)9;/h2-4,10H,1H3;. The zero-order valence-electron chi connectivity index (χ0n) is 7.71. The Hall–Kier alpha value is 0.710. The van der Waals surface area contributed by atoms with E-state index in [1.54, 1.807) is 0 Å². The fourth-order valence-electron chi connectivity index (χ4n) is 0.793. The first-order chi connectivity index (χ1) is 5.97. The second-order valence-corrected chi connectivity index (χ2v) is 4.98. The van der Waals surface area contributed by atoms with Crippen molar-refractivity contribution in [2.45, 2.75) is 4.90 Å². The molecule has 1 aromatic carbocycles. The predicted molar refractivity (Wildman–Crippen MR) is 58.5 cm³/mol. The summed E-state index contributed by atoms with van der Waals surface area (Å²) in [5.74, 6) is 0. The molecule has 0 spiro atoms. The summed E-state index contributed by atoms with van der Waals surface area (Å²) in [5.41, 5.74) is 0. The Bertz CT molecular complexity index is 422. The van der Waals surface area contributed by atoms with Gasteiger partial charge in [0.25, 0.3) is 0 Å². The topological polar surface area (TPSA) is 46.2 Å². The molecule has 3 nitrogen and oxygen atoms in total. The van der Waals surface area contributed by atoms with Gasteiger partial charge in [-0.2, -0.15) is 0 Å². The minimum absolute atomic E-state index is 0. The number of halogens is 2. The minimum atomic E-state index is -3.52. The molecule has 1 aromatic rings. The Morgan fingerprint density at radius 1 is 1.29 bits per heavy atom. The van der Waals surface area contributed by atoms with Crippen LogP contribution in [0.1, 0.15) is 0 Å². The molecule has 0 fully saturated rings. The normalized spacial score (nSPS) is 10.8. The molecule has 0 saturated heterocycles. The van der Waals surface area contributed by atoms with Gasteiger partial charge in [-0.15, -0.1) is 0 Å². The van der Waals surface area contributed by atoms with E-state index in [1.165, 1.54) is 25.2 Å². The van der Waals surface area contributed by atoms with Gasteiger partial charge in [0.1, 0.15) is 4.90 Å². The summed E-state index contributed by atoms with van der Waals surface area (Å²) in [5, 5.41) is 0.483. The number of rotatable bonds is 2. The van der Waals surface area contributed by atoms with Gasteiger partial charge in [0.2, 0.25) is 10.0 Å². The van der Waals surface area contributed by atoms with Crippen molar-refractivity contribution in [3.8, 4) is 0 Å². The predicted octanol–water partition coefficient (Wildman–Crippen LogP) is 1.52. The van der Waals surface area contributed by atoms with Crippen LogP contribution in [-0.4, -0.2) is 45.0 Å². The van der Waals surface area contributed by atoms with Crippen molar-refractivity contribution in [2.24, 2.45) is 0 Å². The van der Waals surface area contributed by atoms with Gasteiger partial charge in [-0.05, 0) is 25.2 Å². The SMILES string of the molecule is CNS(=O)(=O)c1cc(Cl)ccc1Cl.[Na]. The molecule has 0 aliphatic rings. The molecule has 7 heteroatoms. The van der Waals surface area contributed by atoms with Crippen LogP contribution < -0.4 is 4.72 Å². The summed E-state index contributed by atoms with van der Waals surface area (Å²) in [6.07, 6.45) is 0. The summed E-state index contributed by atoms with van der Waals surface area (Å²) in [6, 6.07) is 4.27. The molecule has 1 radical (unpaired) electrons. The third kappa shape index (κ3) is 3.38. The molecule has 1 N–H and O–H groups in total. The van der Waals surface area contributed by atoms with Crippen LogP contribution in [0.15, 0.2) is 23.1 Å². The van der Waals surface area contributed by atoms with Crippen LogP contribution >= 0.6 is 23.2 Å². The third-order valence-electron chi connectivity index (χ3n) is 1.45. The summed E-state index contributed by atoms with van der Waals surface area (Å²) >= 11 is 11.3. The van der Waals surface area contributed by atoms with Crippen LogP contribution in [0.4, 0.5) is 0 Å². The molecule has 0 heterocycles. The number of hydrogen-bond acceptors (Lipinski definition) is 2. The number of nitrogens with one attached hydrogen (secondary N) is 1. The average Bonchev–Trinajstić information content (AvgIpc) is 2.09. The fraction of sp³-hybridized carbons (Fsp3) is 0.143. The van der Waals surface area contributed by atoms with Gasteiger partial charge >= 0.3 is 0 Å². The van der Waals surface area contributed by atoms with E-state index in [4.69, 9.17) is 23.2 Å². The maximum absolute atomic E-state index is 11.3. The molecule has 0 unspecified atom stereocenters. The van der Waals surface area contributed by atoms with E-state index in [9.17, 15) is 8.42 Å². The van der Waals surface area contributed by atoms with Crippen molar-refractivity contribution < 1.29 is 8.42 Å².